The third-order valence-electron chi connectivity index (χ3n) is 8.50. The Morgan fingerprint density at radius 1 is 1.04 bits per heavy atom. The molecule has 2 atom stereocenters. The summed E-state index contributed by atoms with van der Waals surface area (Å²) < 4.78 is 128. The minimum absolute atomic E-state index is 0.0613. The molecule has 2 saturated carbocycles. The van der Waals surface area contributed by atoms with Gasteiger partial charge in [-0.1, -0.05) is 12.1 Å². The summed E-state index contributed by atoms with van der Waals surface area (Å²) in [4.78, 5) is 31.1. The van der Waals surface area contributed by atoms with Crippen LogP contribution in [0.4, 0.5) is 30.7 Å². The molecule has 2 aromatic rings. The number of nitrogens with zero attached hydrogens (tertiary/aromatic N) is 4. The number of piperazine rings is 1. The molecule has 0 bridgehead atoms. The lowest BCUT2D eigenvalue weighted by atomic mass is 9.74. The van der Waals surface area contributed by atoms with Crippen LogP contribution in [0.5, 0.6) is 0 Å². The summed E-state index contributed by atoms with van der Waals surface area (Å²) in [6.45, 7) is 0.289. The maximum absolute atomic E-state index is 14.5. The van der Waals surface area contributed by atoms with E-state index in [4.69, 9.17) is 4.42 Å². The monoisotopic (exact) mass is 679 g/mol. The average molecular weight is 680 g/mol. The van der Waals surface area contributed by atoms with Crippen LogP contribution in [0.15, 0.2) is 28.7 Å². The Morgan fingerprint density at radius 3 is 2.17 bits per heavy atom. The molecule has 5 rings (SSSR count). The first-order valence-corrected chi connectivity index (χ1v) is 16.0. The molecule has 0 radical (unpaired) electrons. The Kier molecular flexibility index (Phi) is 8.42. The van der Waals surface area contributed by atoms with Crippen LogP contribution in [0.2, 0.25) is 0 Å². The van der Waals surface area contributed by atoms with Crippen molar-refractivity contribution >= 4 is 21.8 Å². The van der Waals surface area contributed by atoms with E-state index in [1.165, 1.54) is 33.5 Å². The highest BCUT2D eigenvalue weighted by Crippen LogP contribution is 2.51. The summed E-state index contributed by atoms with van der Waals surface area (Å²) in [5.74, 6) is -16.2. The third-order valence-corrected chi connectivity index (χ3v) is 9.81. The molecule has 3 aliphatic rings. The Balaban J connectivity index is 1.49. The van der Waals surface area contributed by atoms with Crippen LogP contribution in [0.3, 0.4) is 0 Å². The summed E-state index contributed by atoms with van der Waals surface area (Å²) in [6, 6.07) is 6.80. The number of rotatable bonds is 7. The molecule has 3 fully saturated rings. The summed E-state index contributed by atoms with van der Waals surface area (Å²) in [7, 11) is -3.46. The fourth-order valence-electron chi connectivity index (χ4n) is 5.66. The summed E-state index contributed by atoms with van der Waals surface area (Å²) in [5, 5.41) is 11.8. The lowest BCUT2D eigenvalue weighted by Gasteiger charge is -2.34. The second-order valence-corrected chi connectivity index (χ2v) is 13.8. The van der Waals surface area contributed by atoms with Crippen LogP contribution in [-0.4, -0.2) is 84.5 Å². The largest absolute Gasteiger partial charge is 0.463 e. The Bertz CT molecular complexity index is 1660. The van der Waals surface area contributed by atoms with Crippen molar-refractivity contribution in [1.82, 2.24) is 19.5 Å². The molecule has 1 aromatic carbocycles. The highest BCUT2D eigenvalue weighted by atomic mass is 32.2. The molecule has 0 unspecified atom stereocenters. The van der Waals surface area contributed by atoms with Gasteiger partial charge in [-0.2, -0.15) is 31.5 Å². The normalized spacial score (nSPS) is 23.4. The van der Waals surface area contributed by atoms with Crippen molar-refractivity contribution in [2.24, 2.45) is 5.92 Å². The van der Waals surface area contributed by atoms with E-state index in [9.17, 15) is 54.0 Å². The first-order valence-electron chi connectivity index (χ1n) is 14.2. The van der Waals surface area contributed by atoms with E-state index in [0.29, 0.717) is 0 Å². The van der Waals surface area contributed by atoms with Gasteiger partial charge in [0.15, 0.2) is 0 Å². The number of nitrogens with one attached hydrogen (secondary N) is 1. The highest BCUT2D eigenvalue weighted by Gasteiger charge is 2.63. The van der Waals surface area contributed by atoms with Gasteiger partial charge < -0.3 is 14.6 Å². The fourth-order valence-corrected chi connectivity index (χ4v) is 6.49. The lowest BCUT2D eigenvalue weighted by Crippen LogP contribution is -2.50. The number of nitriles is 1. The number of benzene rings is 1. The van der Waals surface area contributed by atoms with E-state index in [1.807, 2.05) is 6.07 Å². The zero-order valence-electron chi connectivity index (χ0n) is 24.2. The van der Waals surface area contributed by atoms with Gasteiger partial charge in [0.25, 0.3) is 11.8 Å². The van der Waals surface area contributed by atoms with Gasteiger partial charge in [-0.05, 0) is 31.4 Å². The molecule has 10 nitrogen and oxygen atoms in total. The molecule has 1 aromatic heterocycles. The topological polar surface area (TPSA) is 137 Å². The van der Waals surface area contributed by atoms with Gasteiger partial charge in [0, 0.05) is 56.1 Å². The van der Waals surface area contributed by atoms with E-state index in [0.717, 1.165) is 6.26 Å². The number of halogens is 7. The number of carbonyl (C=O) groups excluding carboxylic acids is 2. The third kappa shape index (κ3) is 6.57. The molecule has 2 amide bonds. The first-order chi connectivity index (χ1) is 21.3. The van der Waals surface area contributed by atoms with Crippen LogP contribution in [0.25, 0.3) is 11.3 Å². The van der Waals surface area contributed by atoms with E-state index in [1.54, 1.807) is 0 Å². The second kappa shape index (κ2) is 11.5. The molecule has 46 heavy (non-hydrogen) atoms. The van der Waals surface area contributed by atoms with Gasteiger partial charge in [-0.25, -0.2) is 22.2 Å². The highest BCUT2D eigenvalue weighted by molar-refractivity contribution is 7.88. The van der Waals surface area contributed by atoms with Crippen molar-refractivity contribution in [2.45, 2.75) is 61.6 Å². The van der Waals surface area contributed by atoms with Gasteiger partial charge in [-0.15, -0.1) is 0 Å². The first kappa shape index (κ1) is 33.6. The number of aromatic nitrogens is 1. The summed E-state index contributed by atoms with van der Waals surface area (Å²) in [5.41, 5.74) is -1.82. The van der Waals surface area contributed by atoms with Gasteiger partial charge in [0.2, 0.25) is 21.9 Å². The average Bonchev–Trinajstić information content (AvgIpc) is 3.61. The lowest BCUT2D eigenvalue weighted by molar-refractivity contribution is -0.297. The molecule has 250 valence electrons. The molecular formula is C28H28F7N5O5S. The fraction of sp³-hybridized carbons (Fsp3) is 0.571. The standard InChI is InChI=1S/C28H28F7N5O5S/c1-46(43,44)40-12-10-39(11-13-40)23(42)17-4-2-16(3-5-17)20-21(45-24(37-20)27(31,32)28(33,34)35)18-6-7-26(29,30)14-19(18)22(41)38-25(15-36)8-9-25/h2-5,18-19H,6-14H2,1H3,(H,38,41)/t18-,19-/m1/s1. The summed E-state index contributed by atoms with van der Waals surface area (Å²) in [6.07, 6.45) is -6.98. The minimum atomic E-state index is -6.12. The molecule has 2 aliphatic carbocycles. The van der Waals surface area contributed by atoms with Gasteiger partial charge >= 0.3 is 12.1 Å². The van der Waals surface area contributed by atoms with E-state index in [-0.39, 0.29) is 50.1 Å². The number of carbonyl (C=O) groups is 2. The van der Waals surface area contributed by atoms with Crippen molar-refractivity contribution in [3.63, 3.8) is 0 Å². The second-order valence-electron chi connectivity index (χ2n) is 11.8. The number of oxazole rings is 1. The smallest absolute Gasteiger partial charge is 0.439 e. The Hall–Kier alpha value is -3.72. The predicted octanol–water partition coefficient (Wildman–Crippen LogP) is 4.40. The van der Waals surface area contributed by atoms with Crippen molar-refractivity contribution < 1.29 is 53.2 Å². The van der Waals surface area contributed by atoms with E-state index in [2.05, 4.69) is 10.3 Å². The maximum Gasteiger partial charge on any atom is 0.463 e. The number of sulfonamides is 1. The van der Waals surface area contributed by atoms with Gasteiger partial charge in [0.1, 0.15) is 17.0 Å². The zero-order valence-corrected chi connectivity index (χ0v) is 25.0. The molecule has 1 saturated heterocycles. The SMILES string of the molecule is CS(=O)(=O)N1CCN(C(=O)c2ccc(-c3nc(C(F)(F)C(F)(F)F)oc3[C@@H]3CCC(F)(F)C[C@H]3C(=O)NC3(C#N)CC3)cc2)CC1. The van der Waals surface area contributed by atoms with Crippen molar-refractivity contribution in [2.75, 3.05) is 32.4 Å². The van der Waals surface area contributed by atoms with Crippen molar-refractivity contribution in [3.05, 3.63) is 41.5 Å². The van der Waals surface area contributed by atoms with E-state index < -0.39 is 93.8 Å². The van der Waals surface area contributed by atoms with Gasteiger partial charge in [0.05, 0.1) is 18.2 Å². The predicted molar refractivity (Wildman–Crippen MR) is 145 cm³/mol. The molecule has 1 aliphatic heterocycles. The van der Waals surface area contributed by atoms with Gasteiger partial charge in [-0.3, -0.25) is 9.59 Å². The molecule has 2 heterocycles. The van der Waals surface area contributed by atoms with Crippen LogP contribution >= 0.6 is 0 Å². The molecule has 0 spiro atoms. The molecule has 18 heteroatoms. The van der Waals surface area contributed by atoms with Crippen LogP contribution in [-0.2, 0) is 20.7 Å². The zero-order chi connectivity index (χ0) is 33.9. The van der Waals surface area contributed by atoms with Crippen LogP contribution in [0, 0.1) is 17.2 Å². The molecular weight excluding hydrogens is 651 g/mol. The minimum Gasteiger partial charge on any atom is -0.439 e. The Morgan fingerprint density at radius 2 is 1.65 bits per heavy atom. The summed E-state index contributed by atoms with van der Waals surface area (Å²) >= 11 is 0. The number of alkyl halides is 7. The number of hydrogen-bond acceptors (Lipinski definition) is 7. The van der Waals surface area contributed by atoms with Crippen LogP contribution < -0.4 is 5.32 Å². The Labute approximate surface area is 258 Å². The van der Waals surface area contributed by atoms with E-state index >= 15 is 0 Å². The number of hydrogen-bond donors (Lipinski definition) is 1. The van der Waals surface area contributed by atoms with Crippen molar-refractivity contribution in [1.29, 1.82) is 5.26 Å². The van der Waals surface area contributed by atoms with Crippen molar-refractivity contribution in [3.8, 4) is 17.3 Å². The van der Waals surface area contributed by atoms with Crippen LogP contribution in [0.1, 0.15) is 60.0 Å². The quantitative estimate of drug-likeness (QED) is 0.429. The molecule has 1 N–H and O–H groups in total. The number of amides is 2. The maximum atomic E-state index is 14.5.